The topological polar surface area (TPSA) is 61.7 Å². The Bertz CT molecular complexity index is 703. The van der Waals surface area contributed by atoms with E-state index in [4.69, 9.17) is 10.00 Å². The van der Waals surface area contributed by atoms with Crippen LogP contribution in [0, 0.1) is 28.9 Å². The fourth-order valence-corrected chi connectivity index (χ4v) is 3.19. The zero-order valence-electron chi connectivity index (χ0n) is 12.0. The third-order valence-corrected chi connectivity index (χ3v) is 4.79. The first kappa shape index (κ1) is 14.4. The number of H-pyrrole nitrogens is 1. The maximum absolute atomic E-state index is 9.14. The Kier molecular flexibility index (Phi) is 3.89. The van der Waals surface area contributed by atoms with Crippen LogP contribution in [0.1, 0.15) is 47.6 Å². The maximum atomic E-state index is 9.14. The second-order valence-corrected chi connectivity index (χ2v) is 6.55. The van der Waals surface area contributed by atoms with E-state index in [1.54, 1.807) is 0 Å². The monoisotopic (exact) mass is 393 g/mol. The number of nitriles is 1. The summed E-state index contributed by atoms with van der Waals surface area (Å²) in [6.45, 7) is 3.87. The number of ether oxygens (including phenoxy) is 1. The lowest BCUT2D eigenvalue weighted by Crippen LogP contribution is -2.10. The minimum atomic E-state index is 0.539. The summed E-state index contributed by atoms with van der Waals surface area (Å²) >= 11 is 2.19. The summed E-state index contributed by atoms with van der Waals surface area (Å²) in [6.07, 6.45) is 3.66. The van der Waals surface area contributed by atoms with Crippen LogP contribution in [0.5, 0.6) is 11.5 Å². The summed E-state index contributed by atoms with van der Waals surface area (Å²) in [5.41, 5.74) is 3.71. The van der Waals surface area contributed by atoms with Gasteiger partial charge in [0.25, 0.3) is 0 Å². The first-order chi connectivity index (χ1) is 10.1. The Morgan fingerprint density at radius 1 is 1.33 bits per heavy atom. The summed E-state index contributed by atoms with van der Waals surface area (Å²) in [6, 6.07) is 6.07. The smallest absolute Gasteiger partial charge is 0.182 e. The van der Waals surface area contributed by atoms with E-state index >= 15 is 0 Å². The molecule has 0 spiro atoms. The quantitative estimate of drug-likeness (QED) is 0.778. The van der Waals surface area contributed by atoms with Crippen molar-refractivity contribution in [1.29, 1.82) is 5.26 Å². The Morgan fingerprint density at radius 2 is 2.00 bits per heavy atom. The highest BCUT2D eigenvalue weighted by Gasteiger charge is 2.27. The number of aromatic amines is 1. The van der Waals surface area contributed by atoms with Crippen LogP contribution in [-0.2, 0) is 0 Å². The van der Waals surface area contributed by atoms with Crippen LogP contribution in [0.4, 0.5) is 0 Å². The van der Waals surface area contributed by atoms with Gasteiger partial charge in [0.2, 0.25) is 0 Å². The van der Waals surface area contributed by atoms with Gasteiger partial charge in [-0.1, -0.05) is 6.42 Å². The van der Waals surface area contributed by atoms with Crippen LogP contribution in [0.25, 0.3) is 0 Å². The average Bonchev–Trinajstić information content (AvgIpc) is 2.70. The maximum Gasteiger partial charge on any atom is 0.182 e. The van der Waals surface area contributed by atoms with E-state index in [1.807, 2.05) is 26.0 Å². The van der Waals surface area contributed by atoms with E-state index in [0.29, 0.717) is 5.92 Å². The Hall–Kier alpha value is -1.55. The van der Waals surface area contributed by atoms with Crippen LogP contribution in [-0.4, -0.2) is 10.2 Å². The minimum Gasteiger partial charge on any atom is -0.453 e. The zero-order chi connectivity index (χ0) is 15.0. The number of halogens is 1. The van der Waals surface area contributed by atoms with Crippen molar-refractivity contribution in [2.45, 2.75) is 39.0 Å². The largest absolute Gasteiger partial charge is 0.453 e. The Labute approximate surface area is 137 Å². The lowest BCUT2D eigenvalue weighted by atomic mass is 9.83. The number of hydrogen-bond donors (Lipinski definition) is 1. The molecule has 5 heteroatoms. The second kappa shape index (κ2) is 5.68. The molecule has 2 aromatic rings. The summed E-state index contributed by atoms with van der Waals surface area (Å²) in [7, 11) is 0. The van der Waals surface area contributed by atoms with E-state index < -0.39 is 0 Å². The van der Waals surface area contributed by atoms with E-state index in [2.05, 4.69) is 38.9 Å². The molecule has 4 nitrogen and oxygen atoms in total. The van der Waals surface area contributed by atoms with Gasteiger partial charge in [0.15, 0.2) is 9.45 Å². The highest BCUT2D eigenvalue weighted by molar-refractivity contribution is 14.1. The van der Waals surface area contributed by atoms with Crippen molar-refractivity contribution in [2.75, 3.05) is 0 Å². The van der Waals surface area contributed by atoms with Crippen molar-refractivity contribution < 1.29 is 4.74 Å². The van der Waals surface area contributed by atoms with Crippen molar-refractivity contribution >= 4 is 22.6 Å². The van der Waals surface area contributed by atoms with Crippen molar-refractivity contribution in [3.05, 3.63) is 38.2 Å². The molecule has 1 aliphatic rings. The molecule has 1 aromatic carbocycles. The van der Waals surface area contributed by atoms with Gasteiger partial charge >= 0.3 is 0 Å². The Balaban J connectivity index is 1.94. The molecule has 0 bridgehead atoms. The molecule has 1 aliphatic carbocycles. The first-order valence-corrected chi connectivity index (χ1v) is 8.11. The fourth-order valence-electron chi connectivity index (χ4n) is 2.67. The van der Waals surface area contributed by atoms with E-state index in [-0.39, 0.29) is 0 Å². The molecular formula is C16H16IN3O. The molecule has 0 atom stereocenters. The number of aromatic nitrogens is 2. The van der Waals surface area contributed by atoms with Crippen molar-refractivity contribution in [3.63, 3.8) is 0 Å². The van der Waals surface area contributed by atoms with Gasteiger partial charge in [-0.3, -0.25) is 5.10 Å². The van der Waals surface area contributed by atoms with E-state index in [0.717, 1.165) is 37.6 Å². The highest BCUT2D eigenvalue weighted by atomic mass is 127. The van der Waals surface area contributed by atoms with Crippen LogP contribution in [0.15, 0.2) is 12.1 Å². The third-order valence-electron chi connectivity index (χ3n) is 4.06. The molecule has 21 heavy (non-hydrogen) atoms. The molecule has 0 aliphatic heterocycles. The van der Waals surface area contributed by atoms with Crippen molar-refractivity contribution in [2.24, 2.45) is 0 Å². The van der Waals surface area contributed by atoms with Gasteiger partial charge in [-0.25, -0.2) is 0 Å². The van der Waals surface area contributed by atoms with Crippen LogP contribution < -0.4 is 4.74 Å². The number of aryl methyl sites for hydroxylation is 2. The number of nitrogens with one attached hydrogen (secondary N) is 1. The van der Waals surface area contributed by atoms with Crippen LogP contribution in [0.3, 0.4) is 0 Å². The number of benzene rings is 1. The predicted octanol–water partition coefficient (Wildman–Crippen LogP) is 4.56. The van der Waals surface area contributed by atoms with Gasteiger partial charge in [0, 0.05) is 5.92 Å². The van der Waals surface area contributed by atoms with Crippen molar-refractivity contribution in [3.8, 4) is 17.6 Å². The molecule has 0 unspecified atom stereocenters. The van der Waals surface area contributed by atoms with Gasteiger partial charge in [-0.2, -0.15) is 10.4 Å². The molecule has 1 saturated carbocycles. The van der Waals surface area contributed by atoms with Gasteiger partial charge in [-0.05, 0) is 72.5 Å². The predicted molar refractivity (Wildman–Crippen MR) is 88.6 cm³/mol. The van der Waals surface area contributed by atoms with E-state index in [9.17, 15) is 0 Å². The average molecular weight is 393 g/mol. The number of hydrogen-bond acceptors (Lipinski definition) is 3. The molecule has 1 fully saturated rings. The lowest BCUT2D eigenvalue weighted by molar-refractivity contribution is 0.390. The van der Waals surface area contributed by atoms with Crippen LogP contribution >= 0.6 is 22.6 Å². The summed E-state index contributed by atoms with van der Waals surface area (Å²) in [5, 5.41) is 16.5. The minimum absolute atomic E-state index is 0.539. The number of nitrogens with zero attached hydrogens (tertiary/aromatic N) is 2. The molecule has 3 rings (SSSR count). The highest BCUT2D eigenvalue weighted by Crippen LogP contribution is 2.42. The van der Waals surface area contributed by atoms with Crippen LogP contribution in [0.2, 0.25) is 0 Å². The van der Waals surface area contributed by atoms with Crippen molar-refractivity contribution in [1.82, 2.24) is 10.2 Å². The summed E-state index contributed by atoms with van der Waals surface area (Å²) in [5.74, 6) is 2.14. The van der Waals surface area contributed by atoms with Gasteiger partial charge in [0.05, 0.1) is 17.3 Å². The number of rotatable bonds is 3. The van der Waals surface area contributed by atoms with E-state index in [1.165, 1.54) is 19.3 Å². The molecule has 1 heterocycles. The summed E-state index contributed by atoms with van der Waals surface area (Å²) < 4.78 is 6.94. The SMILES string of the molecule is Cc1cc(Oc2c(I)n[nH]c2C2CCC2)cc(C)c1C#N. The van der Waals surface area contributed by atoms with Gasteiger partial charge < -0.3 is 4.74 Å². The molecule has 108 valence electrons. The fraction of sp³-hybridized carbons (Fsp3) is 0.375. The molecule has 1 N–H and O–H groups in total. The molecule has 0 radical (unpaired) electrons. The Morgan fingerprint density at radius 3 is 2.52 bits per heavy atom. The molecule has 1 aromatic heterocycles. The molecular weight excluding hydrogens is 377 g/mol. The normalized spacial score (nSPS) is 14.6. The first-order valence-electron chi connectivity index (χ1n) is 7.03. The zero-order valence-corrected chi connectivity index (χ0v) is 14.2. The molecule has 0 saturated heterocycles. The standard InChI is InChI=1S/C16H16IN3O/c1-9-6-12(7-10(2)13(9)8-18)21-15-14(11-4-3-5-11)19-20-16(15)17/h6-7,11H,3-5H2,1-2H3,(H,19,20). The lowest BCUT2D eigenvalue weighted by Gasteiger charge is -2.24. The summed E-state index contributed by atoms with van der Waals surface area (Å²) in [4.78, 5) is 0. The third kappa shape index (κ3) is 2.64. The second-order valence-electron chi connectivity index (χ2n) is 5.53. The van der Waals surface area contributed by atoms with Gasteiger partial charge in [0.1, 0.15) is 5.75 Å². The van der Waals surface area contributed by atoms with Gasteiger partial charge in [-0.15, -0.1) is 0 Å². The molecule has 0 amide bonds.